The molecule has 8 nitrogen and oxygen atoms in total. The number of rotatable bonds is 7. The van der Waals surface area contributed by atoms with Crippen molar-refractivity contribution in [2.45, 2.75) is 13.3 Å². The summed E-state index contributed by atoms with van der Waals surface area (Å²) < 4.78 is 31.0. The fraction of sp³-hybridized carbons (Fsp3) is 0.556. The molecule has 0 atom stereocenters. The van der Waals surface area contributed by atoms with E-state index in [1.807, 2.05) is 0 Å². The highest BCUT2D eigenvalue weighted by molar-refractivity contribution is 7.89. The molecule has 0 saturated heterocycles. The lowest BCUT2D eigenvalue weighted by Gasteiger charge is -2.00. The summed E-state index contributed by atoms with van der Waals surface area (Å²) >= 11 is 0. The van der Waals surface area contributed by atoms with E-state index < -0.39 is 16.0 Å². The van der Waals surface area contributed by atoms with Crippen LogP contribution in [0.5, 0.6) is 0 Å². The quantitative estimate of drug-likeness (QED) is 0.528. The molecule has 102 valence electrons. The number of carbonyl (C=O) groups is 1. The molecule has 0 unspecified atom stereocenters. The minimum absolute atomic E-state index is 0.0609. The van der Waals surface area contributed by atoms with Crippen LogP contribution in [-0.4, -0.2) is 38.3 Å². The summed E-state index contributed by atoms with van der Waals surface area (Å²) in [6.45, 7) is 2.26. The SMILES string of the molecule is CCOC(=O)c1coc(NCCCS(N)(=O)=O)n1. The lowest BCUT2D eigenvalue weighted by molar-refractivity contribution is 0.0519. The average Bonchev–Trinajstić information content (AvgIpc) is 2.72. The van der Waals surface area contributed by atoms with Crippen molar-refractivity contribution in [2.75, 3.05) is 24.2 Å². The van der Waals surface area contributed by atoms with Gasteiger partial charge in [0.2, 0.25) is 10.0 Å². The lowest BCUT2D eigenvalue weighted by atomic mass is 10.5. The maximum atomic E-state index is 11.3. The first-order valence-electron chi connectivity index (χ1n) is 5.29. The second kappa shape index (κ2) is 6.36. The van der Waals surface area contributed by atoms with Gasteiger partial charge in [-0.1, -0.05) is 0 Å². The third kappa shape index (κ3) is 5.15. The summed E-state index contributed by atoms with van der Waals surface area (Å²) in [6.07, 6.45) is 1.48. The van der Waals surface area contributed by atoms with Gasteiger partial charge < -0.3 is 14.5 Å². The van der Waals surface area contributed by atoms with Gasteiger partial charge in [-0.25, -0.2) is 18.4 Å². The standard InChI is InChI=1S/C9H15N3O5S/c1-2-16-8(13)7-6-17-9(12-7)11-4-3-5-18(10,14)15/h6H,2-5H2,1H3,(H,11,12)(H2,10,14,15). The van der Waals surface area contributed by atoms with Crippen LogP contribution in [-0.2, 0) is 14.8 Å². The molecule has 1 rings (SSSR count). The Morgan fingerprint density at radius 3 is 2.94 bits per heavy atom. The van der Waals surface area contributed by atoms with Crippen molar-refractivity contribution in [1.29, 1.82) is 0 Å². The zero-order chi connectivity index (χ0) is 13.6. The molecule has 9 heteroatoms. The van der Waals surface area contributed by atoms with Crippen LogP contribution in [0.25, 0.3) is 0 Å². The molecule has 0 radical (unpaired) electrons. The lowest BCUT2D eigenvalue weighted by Crippen LogP contribution is -2.18. The zero-order valence-corrected chi connectivity index (χ0v) is 10.7. The molecule has 0 aromatic carbocycles. The summed E-state index contributed by atoms with van der Waals surface area (Å²) in [5, 5.41) is 7.57. The number of nitrogens with one attached hydrogen (secondary N) is 1. The summed E-state index contributed by atoms with van der Waals surface area (Å²) in [6, 6.07) is 0.132. The van der Waals surface area contributed by atoms with Gasteiger partial charge in [0.05, 0.1) is 12.4 Å². The number of anilines is 1. The molecular weight excluding hydrogens is 262 g/mol. The molecule has 3 N–H and O–H groups in total. The van der Waals surface area contributed by atoms with E-state index in [0.29, 0.717) is 13.0 Å². The Kier molecular flexibility index (Phi) is 5.10. The Balaban J connectivity index is 2.38. The van der Waals surface area contributed by atoms with E-state index in [1.165, 1.54) is 6.26 Å². The van der Waals surface area contributed by atoms with Crippen LogP contribution in [0.4, 0.5) is 6.01 Å². The molecule has 18 heavy (non-hydrogen) atoms. The van der Waals surface area contributed by atoms with Crippen LogP contribution in [0.3, 0.4) is 0 Å². The summed E-state index contributed by atoms with van der Waals surface area (Å²) in [5.41, 5.74) is 0.0609. The number of primary sulfonamides is 1. The fourth-order valence-electron chi connectivity index (χ4n) is 1.12. The van der Waals surface area contributed by atoms with Crippen molar-refractivity contribution in [3.63, 3.8) is 0 Å². The number of nitrogens with two attached hydrogens (primary N) is 1. The zero-order valence-electron chi connectivity index (χ0n) is 9.88. The Hall–Kier alpha value is -1.61. The third-order valence-corrected chi connectivity index (χ3v) is 2.73. The fourth-order valence-corrected chi connectivity index (χ4v) is 1.67. The first-order valence-corrected chi connectivity index (χ1v) is 7.01. The van der Waals surface area contributed by atoms with Gasteiger partial charge in [0.1, 0.15) is 6.26 Å². The summed E-state index contributed by atoms with van der Waals surface area (Å²) in [7, 11) is -3.46. The number of ether oxygens (including phenoxy) is 1. The van der Waals surface area contributed by atoms with Crippen molar-refractivity contribution in [2.24, 2.45) is 5.14 Å². The Morgan fingerprint density at radius 2 is 2.33 bits per heavy atom. The monoisotopic (exact) mass is 277 g/mol. The van der Waals surface area contributed by atoms with Gasteiger partial charge >= 0.3 is 5.97 Å². The minimum Gasteiger partial charge on any atom is -0.461 e. The number of hydrogen-bond donors (Lipinski definition) is 2. The molecular formula is C9H15N3O5S. The Labute approximate surface area is 105 Å². The first kappa shape index (κ1) is 14.5. The highest BCUT2D eigenvalue weighted by atomic mass is 32.2. The molecule has 1 aromatic rings. The van der Waals surface area contributed by atoms with Crippen molar-refractivity contribution >= 4 is 22.0 Å². The van der Waals surface area contributed by atoms with Gasteiger partial charge in [0, 0.05) is 6.54 Å². The van der Waals surface area contributed by atoms with E-state index in [0.717, 1.165) is 0 Å². The van der Waals surface area contributed by atoms with Crippen LogP contribution in [0.2, 0.25) is 0 Å². The number of oxazole rings is 1. The number of carbonyl (C=O) groups excluding carboxylic acids is 1. The Morgan fingerprint density at radius 1 is 1.61 bits per heavy atom. The van der Waals surface area contributed by atoms with Crippen molar-refractivity contribution in [1.82, 2.24) is 4.98 Å². The molecule has 0 spiro atoms. The highest BCUT2D eigenvalue weighted by Gasteiger charge is 2.12. The number of hydrogen-bond acceptors (Lipinski definition) is 7. The maximum absolute atomic E-state index is 11.3. The van der Waals surface area contributed by atoms with E-state index in [9.17, 15) is 13.2 Å². The van der Waals surface area contributed by atoms with Crippen LogP contribution < -0.4 is 10.5 Å². The van der Waals surface area contributed by atoms with E-state index in [4.69, 9.17) is 14.3 Å². The molecule has 0 amide bonds. The van der Waals surface area contributed by atoms with E-state index in [-0.39, 0.29) is 24.1 Å². The van der Waals surface area contributed by atoms with E-state index in [2.05, 4.69) is 10.3 Å². The van der Waals surface area contributed by atoms with Crippen molar-refractivity contribution < 1.29 is 22.4 Å². The van der Waals surface area contributed by atoms with E-state index >= 15 is 0 Å². The van der Waals surface area contributed by atoms with Crippen molar-refractivity contribution in [3.8, 4) is 0 Å². The second-order valence-corrected chi connectivity index (χ2v) is 5.14. The van der Waals surface area contributed by atoms with Gasteiger partial charge in [-0.3, -0.25) is 0 Å². The normalized spacial score (nSPS) is 11.2. The van der Waals surface area contributed by atoms with Gasteiger partial charge in [0.25, 0.3) is 6.01 Å². The van der Waals surface area contributed by atoms with E-state index in [1.54, 1.807) is 6.92 Å². The molecule has 0 saturated carbocycles. The predicted molar refractivity (Wildman–Crippen MR) is 63.5 cm³/mol. The molecule has 0 aliphatic heterocycles. The first-order chi connectivity index (χ1) is 8.42. The Bertz CT molecular complexity index is 496. The number of aromatic nitrogens is 1. The summed E-state index contributed by atoms with van der Waals surface area (Å²) in [5.74, 6) is -0.704. The van der Waals surface area contributed by atoms with Gasteiger partial charge in [-0.2, -0.15) is 4.98 Å². The van der Waals surface area contributed by atoms with Crippen LogP contribution in [0, 0.1) is 0 Å². The maximum Gasteiger partial charge on any atom is 0.360 e. The molecule has 1 aromatic heterocycles. The van der Waals surface area contributed by atoms with Crippen LogP contribution >= 0.6 is 0 Å². The van der Waals surface area contributed by atoms with Gasteiger partial charge in [0.15, 0.2) is 5.69 Å². The van der Waals surface area contributed by atoms with Crippen molar-refractivity contribution in [3.05, 3.63) is 12.0 Å². The highest BCUT2D eigenvalue weighted by Crippen LogP contribution is 2.08. The summed E-state index contributed by atoms with van der Waals surface area (Å²) in [4.78, 5) is 15.1. The van der Waals surface area contributed by atoms with Gasteiger partial charge in [-0.05, 0) is 13.3 Å². The number of nitrogens with zero attached hydrogens (tertiary/aromatic N) is 1. The average molecular weight is 277 g/mol. The molecule has 0 aliphatic rings. The smallest absolute Gasteiger partial charge is 0.360 e. The second-order valence-electron chi connectivity index (χ2n) is 3.41. The largest absolute Gasteiger partial charge is 0.461 e. The molecule has 0 bridgehead atoms. The van der Waals surface area contributed by atoms with Crippen LogP contribution in [0.1, 0.15) is 23.8 Å². The number of sulfonamides is 1. The van der Waals surface area contributed by atoms with Gasteiger partial charge in [-0.15, -0.1) is 0 Å². The molecule has 1 heterocycles. The minimum atomic E-state index is -3.46. The predicted octanol–water partition coefficient (Wildman–Crippen LogP) is -0.0582. The van der Waals surface area contributed by atoms with Crippen LogP contribution in [0.15, 0.2) is 10.7 Å². The topological polar surface area (TPSA) is 125 Å². The molecule has 0 aliphatic carbocycles. The number of esters is 1. The third-order valence-electron chi connectivity index (χ3n) is 1.87. The molecule has 0 fully saturated rings.